The van der Waals surface area contributed by atoms with Crippen molar-refractivity contribution in [2.45, 2.75) is 26.0 Å². The molecule has 20 heavy (non-hydrogen) atoms. The first-order chi connectivity index (χ1) is 9.65. The van der Waals surface area contributed by atoms with Crippen LogP contribution < -0.4 is 4.90 Å². The first-order valence-electron chi connectivity index (χ1n) is 6.94. The predicted molar refractivity (Wildman–Crippen MR) is 83.3 cm³/mol. The second-order valence-corrected chi connectivity index (χ2v) is 5.73. The smallest absolute Gasteiger partial charge is 0.0776 e. The van der Waals surface area contributed by atoms with E-state index in [-0.39, 0.29) is 0 Å². The molecule has 2 nitrogen and oxygen atoms in total. The lowest BCUT2D eigenvalue weighted by Gasteiger charge is -2.31. The Balaban J connectivity index is 1.86. The fourth-order valence-corrected chi connectivity index (χ4v) is 3.10. The van der Waals surface area contributed by atoms with Gasteiger partial charge in [0, 0.05) is 23.8 Å². The lowest BCUT2D eigenvalue weighted by molar-refractivity contribution is 0.199. The van der Waals surface area contributed by atoms with E-state index in [1.54, 1.807) is 6.92 Å². The quantitative estimate of drug-likeness (QED) is 0.904. The van der Waals surface area contributed by atoms with E-state index in [1.807, 2.05) is 18.2 Å². The van der Waals surface area contributed by atoms with Crippen LogP contribution in [0.5, 0.6) is 0 Å². The molecule has 3 rings (SSSR count). The summed E-state index contributed by atoms with van der Waals surface area (Å²) >= 11 is 6.26. The van der Waals surface area contributed by atoms with E-state index in [2.05, 4.69) is 29.2 Å². The van der Waals surface area contributed by atoms with Crippen molar-refractivity contribution < 1.29 is 5.11 Å². The second-order valence-electron chi connectivity index (χ2n) is 5.32. The van der Waals surface area contributed by atoms with Gasteiger partial charge in [-0.3, -0.25) is 0 Å². The summed E-state index contributed by atoms with van der Waals surface area (Å²) in [6, 6.07) is 14.5. The van der Waals surface area contributed by atoms with Crippen LogP contribution in [0.1, 0.15) is 29.7 Å². The minimum atomic E-state index is -0.529. The van der Waals surface area contributed by atoms with E-state index in [1.165, 1.54) is 11.1 Å². The highest BCUT2D eigenvalue weighted by atomic mass is 35.5. The number of hydrogen-bond donors (Lipinski definition) is 1. The number of hydrogen-bond acceptors (Lipinski definition) is 2. The molecule has 2 aromatic rings. The summed E-state index contributed by atoms with van der Waals surface area (Å²) in [5.41, 5.74) is 4.73. The van der Waals surface area contributed by atoms with Crippen LogP contribution in [0.15, 0.2) is 42.5 Å². The summed E-state index contributed by atoms with van der Waals surface area (Å²) in [6.45, 7) is 3.65. The van der Waals surface area contributed by atoms with Gasteiger partial charge in [0.1, 0.15) is 0 Å². The largest absolute Gasteiger partial charge is 0.389 e. The molecule has 1 unspecified atom stereocenters. The highest BCUT2D eigenvalue weighted by molar-refractivity contribution is 6.31. The number of benzene rings is 2. The lowest BCUT2D eigenvalue weighted by atomic mass is 9.99. The summed E-state index contributed by atoms with van der Waals surface area (Å²) in [6.07, 6.45) is 0.532. The Kier molecular flexibility index (Phi) is 3.68. The molecule has 1 heterocycles. The zero-order valence-electron chi connectivity index (χ0n) is 11.5. The summed E-state index contributed by atoms with van der Waals surface area (Å²) in [4.78, 5) is 2.33. The van der Waals surface area contributed by atoms with Crippen molar-refractivity contribution in [2.24, 2.45) is 0 Å². The Bertz CT molecular complexity index is 624. The van der Waals surface area contributed by atoms with Gasteiger partial charge in [-0.1, -0.05) is 41.9 Å². The summed E-state index contributed by atoms with van der Waals surface area (Å²) in [7, 11) is 0. The molecule has 0 saturated carbocycles. The molecular formula is C17H18ClNO. The van der Waals surface area contributed by atoms with Crippen molar-refractivity contribution in [1.29, 1.82) is 0 Å². The summed E-state index contributed by atoms with van der Waals surface area (Å²) in [5, 5.41) is 10.3. The van der Waals surface area contributed by atoms with Gasteiger partial charge in [-0.2, -0.15) is 0 Å². The molecule has 1 atom stereocenters. The molecule has 0 spiro atoms. The maximum absolute atomic E-state index is 9.64. The third kappa shape index (κ3) is 2.54. The van der Waals surface area contributed by atoms with Gasteiger partial charge in [0.25, 0.3) is 0 Å². The van der Waals surface area contributed by atoms with Crippen molar-refractivity contribution >= 4 is 17.3 Å². The third-order valence-corrected chi connectivity index (χ3v) is 4.26. The number of halogens is 1. The third-order valence-electron chi connectivity index (χ3n) is 3.93. The van der Waals surface area contributed by atoms with Gasteiger partial charge < -0.3 is 10.0 Å². The van der Waals surface area contributed by atoms with Crippen LogP contribution in [-0.2, 0) is 13.0 Å². The molecule has 1 N–H and O–H groups in total. The average Bonchev–Trinajstić information content (AvgIpc) is 2.46. The minimum Gasteiger partial charge on any atom is -0.389 e. The molecule has 0 bridgehead atoms. The Morgan fingerprint density at radius 3 is 2.60 bits per heavy atom. The highest BCUT2D eigenvalue weighted by Gasteiger charge is 2.17. The van der Waals surface area contributed by atoms with E-state index in [0.29, 0.717) is 5.02 Å². The van der Waals surface area contributed by atoms with Crippen molar-refractivity contribution in [3.05, 3.63) is 64.2 Å². The normalized spacial score (nSPS) is 15.8. The lowest BCUT2D eigenvalue weighted by Crippen LogP contribution is -2.30. The second kappa shape index (κ2) is 5.47. The number of aliphatic hydroxyl groups is 1. The monoisotopic (exact) mass is 287 g/mol. The first-order valence-corrected chi connectivity index (χ1v) is 7.32. The van der Waals surface area contributed by atoms with Crippen LogP contribution in [0.2, 0.25) is 5.02 Å². The fraction of sp³-hybridized carbons (Fsp3) is 0.294. The summed E-state index contributed by atoms with van der Waals surface area (Å²) < 4.78 is 0. The van der Waals surface area contributed by atoms with Gasteiger partial charge in [0.05, 0.1) is 6.10 Å². The van der Waals surface area contributed by atoms with E-state index in [4.69, 9.17) is 11.6 Å². The zero-order chi connectivity index (χ0) is 14.1. The van der Waals surface area contributed by atoms with Crippen LogP contribution in [0.3, 0.4) is 0 Å². The molecule has 1 aliphatic rings. The maximum atomic E-state index is 9.64. The fourth-order valence-electron chi connectivity index (χ4n) is 2.77. The minimum absolute atomic E-state index is 0.529. The van der Waals surface area contributed by atoms with Crippen LogP contribution in [0, 0.1) is 0 Å². The zero-order valence-corrected chi connectivity index (χ0v) is 12.3. The first kappa shape index (κ1) is 13.5. The molecule has 1 aliphatic heterocycles. The molecule has 2 aromatic carbocycles. The topological polar surface area (TPSA) is 23.5 Å². The van der Waals surface area contributed by atoms with Crippen LogP contribution in [-0.4, -0.2) is 11.7 Å². The Morgan fingerprint density at radius 1 is 1.15 bits per heavy atom. The van der Waals surface area contributed by atoms with Crippen LogP contribution in [0.4, 0.5) is 5.69 Å². The summed E-state index contributed by atoms with van der Waals surface area (Å²) in [5.74, 6) is 0. The standard InChI is InChI=1S/C17H18ClNO/c1-12(20)16-7-6-15(10-17(16)18)19-9-8-13-4-2-3-5-14(13)11-19/h2-7,10,12,20H,8-9,11H2,1H3. The van der Waals surface area contributed by atoms with Gasteiger partial charge in [-0.25, -0.2) is 0 Å². The van der Waals surface area contributed by atoms with Crippen molar-refractivity contribution in [3.8, 4) is 0 Å². The number of fused-ring (bicyclic) bond motifs is 1. The highest BCUT2D eigenvalue weighted by Crippen LogP contribution is 2.30. The van der Waals surface area contributed by atoms with Crippen molar-refractivity contribution in [3.63, 3.8) is 0 Å². The number of nitrogens with zero attached hydrogens (tertiary/aromatic N) is 1. The van der Waals surface area contributed by atoms with Crippen molar-refractivity contribution in [1.82, 2.24) is 0 Å². The van der Waals surface area contributed by atoms with E-state index >= 15 is 0 Å². The van der Waals surface area contributed by atoms with E-state index in [9.17, 15) is 5.11 Å². The number of anilines is 1. The van der Waals surface area contributed by atoms with Gasteiger partial charge in [0.15, 0.2) is 0 Å². The predicted octanol–water partition coefficient (Wildman–Crippen LogP) is 3.96. The van der Waals surface area contributed by atoms with Gasteiger partial charge in [-0.05, 0) is 42.2 Å². The number of rotatable bonds is 2. The van der Waals surface area contributed by atoms with Gasteiger partial charge in [-0.15, -0.1) is 0 Å². The molecule has 104 valence electrons. The molecule has 0 radical (unpaired) electrons. The Labute approximate surface area is 124 Å². The van der Waals surface area contributed by atoms with E-state index in [0.717, 1.165) is 30.8 Å². The Hall–Kier alpha value is -1.51. The van der Waals surface area contributed by atoms with Gasteiger partial charge in [0.2, 0.25) is 0 Å². The molecule has 0 aromatic heterocycles. The molecule has 0 fully saturated rings. The van der Waals surface area contributed by atoms with E-state index < -0.39 is 6.10 Å². The molecular weight excluding hydrogens is 270 g/mol. The molecule has 0 saturated heterocycles. The molecule has 3 heteroatoms. The SMILES string of the molecule is CC(O)c1ccc(N2CCc3ccccc3C2)cc1Cl. The van der Waals surface area contributed by atoms with Crippen LogP contribution in [0.25, 0.3) is 0 Å². The number of aliphatic hydroxyl groups excluding tert-OH is 1. The van der Waals surface area contributed by atoms with Gasteiger partial charge >= 0.3 is 0 Å². The Morgan fingerprint density at radius 2 is 1.90 bits per heavy atom. The van der Waals surface area contributed by atoms with Crippen molar-refractivity contribution in [2.75, 3.05) is 11.4 Å². The average molecular weight is 288 g/mol. The molecule has 0 aliphatic carbocycles. The van der Waals surface area contributed by atoms with Crippen LogP contribution >= 0.6 is 11.6 Å². The maximum Gasteiger partial charge on any atom is 0.0776 e. The molecule has 0 amide bonds.